The van der Waals surface area contributed by atoms with Crippen LogP contribution < -0.4 is 10.6 Å². The Kier molecular flexibility index (Phi) is 5.97. The quantitative estimate of drug-likeness (QED) is 0.587. The number of amides is 2. The molecule has 2 N–H and O–H groups in total. The van der Waals surface area contributed by atoms with Crippen molar-refractivity contribution in [3.05, 3.63) is 0 Å². The summed E-state index contributed by atoms with van der Waals surface area (Å²) in [6, 6.07) is 0. The maximum atomic E-state index is 11.3. The largest absolute Gasteiger partial charge is 0.355 e. The number of nitrogens with one attached hydrogen (secondary N) is 2. The fraction of sp³-hybridized carbons (Fsp3) is 0.833. The van der Waals surface area contributed by atoms with Crippen LogP contribution >= 0.6 is 0 Å². The third-order valence-corrected chi connectivity index (χ3v) is 2.79. The average molecular weight is 241 g/mol. The minimum Gasteiger partial charge on any atom is -0.355 e. The summed E-state index contributed by atoms with van der Waals surface area (Å²) in [7, 11) is 3.53. The molecule has 1 aliphatic carbocycles. The first-order valence-electron chi connectivity index (χ1n) is 6.30. The van der Waals surface area contributed by atoms with E-state index in [1.807, 2.05) is 0 Å². The van der Waals surface area contributed by atoms with Gasteiger partial charge in [0.1, 0.15) is 0 Å². The number of hydrogen-bond donors (Lipinski definition) is 2. The summed E-state index contributed by atoms with van der Waals surface area (Å²) in [6.07, 6.45) is 3.51. The maximum absolute atomic E-state index is 11.3. The van der Waals surface area contributed by atoms with Crippen molar-refractivity contribution in [1.29, 1.82) is 0 Å². The van der Waals surface area contributed by atoms with Crippen molar-refractivity contribution in [2.24, 2.45) is 5.92 Å². The van der Waals surface area contributed by atoms with Gasteiger partial charge in [-0.25, -0.2) is 0 Å². The molecule has 17 heavy (non-hydrogen) atoms. The van der Waals surface area contributed by atoms with E-state index in [4.69, 9.17) is 0 Å². The second-order valence-electron chi connectivity index (χ2n) is 4.71. The van der Waals surface area contributed by atoms with E-state index in [2.05, 4.69) is 10.6 Å². The Balaban J connectivity index is 1.84. The zero-order chi connectivity index (χ0) is 12.7. The van der Waals surface area contributed by atoms with Crippen LogP contribution in [0.25, 0.3) is 0 Å². The lowest BCUT2D eigenvalue weighted by Gasteiger charge is -2.10. The van der Waals surface area contributed by atoms with E-state index in [0.717, 1.165) is 32.4 Å². The first-order valence-corrected chi connectivity index (χ1v) is 6.30. The Morgan fingerprint density at radius 3 is 2.47 bits per heavy atom. The third kappa shape index (κ3) is 6.26. The normalized spacial score (nSPS) is 14.5. The highest BCUT2D eigenvalue weighted by Gasteiger charge is 2.28. The summed E-state index contributed by atoms with van der Waals surface area (Å²) in [5, 5.41) is 6.09. The van der Waals surface area contributed by atoms with Gasteiger partial charge in [-0.1, -0.05) is 0 Å². The van der Waals surface area contributed by atoms with Crippen molar-refractivity contribution in [1.82, 2.24) is 15.5 Å². The first kappa shape index (κ1) is 14.0. The van der Waals surface area contributed by atoms with E-state index in [9.17, 15) is 9.59 Å². The van der Waals surface area contributed by atoms with Gasteiger partial charge in [-0.3, -0.25) is 9.59 Å². The Bertz CT molecular complexity index is 244. The van der Waals surface area contributed by atoms with E-state index in [1.165, 1.54) is 0 Å². The highest BCUT2D eigenvalue weighted by atomic mass is 16.2. The van der Waals surface area contributed by atoms with E-state index < -0.39 is 0 Å². The zero-order valence-corrected chi connectivity index (χ0v) is 10.8. The van der Waals surface area contributed by atoms with Crippen LogP contribution in [0.4, 0.5) is 0 Å². The number of rotatable bonds is 8. The highest BCUT2D eigenvalue weighted by Crippen LogP contribution is 2.28. The zero-order valence-electron chi connectivity index (χ0n) is 10.8. The van der Waals surface area contributed by atoms with Gasteiger partial charge in [0.05, 0.1) is 0 Å². The minimum absolute atomic E-state index is 0.161. The molecule has 0 atom stereocenters. The molecule has 0 aromatic carbocycles. The Hall–Kier alpha value is -1.10. The maximum Gasteiger partial charge on any atom is 0.223 e. The van der Waals surface area contributed by atoms with Crippen molar-refractivity contribution in [2.75, 3.05) is 33.7 Å². The summed E-state index contributed by atoms with van der Waals surface area (Å²) < 4.78 is 0. The van der Waals surface area contributed by atoms with E-state index >= 15 is 0 Å². The molecule has 1 saturated carbocycles. The molecule has 0 bridgehead atoms. The summed E-state index contributed by atoms with van der Waals surface area (Å²) in [5.41, 5.74) is 0. The molecular weight excluding hydrogens is 218 g/mol. The standard InChI is InChI=1S/C12H23N3O2/c1-15(2)11(16)4-3-7-13-8-9-14-12(17)10-5-6-10/h10,13H,3-9H2,1-2H3,(H,14,17). The van der Waals surface area contributed by atoms with Crippen molar-refractivity contribution in [3.8, 4) is 0 Å². The first-order chi connectivity index (χ1) is 8.11. The van der Waals surface area contributed by atoms with Gasteiger partial charge in [0.25, 0.3) is 0 Å². The van der Waals surface area contributed by atoms with Crippen LogP contribution in [0.2, 0.25) is 0 Å². The summed E-state index contributed by atoms with van der Waals surface area (Å²) >= 11 is 0. The van der Waals surface area contributed by atoms with Gasteiger partial charge in [-0.05, 0) is 25.8 Å². The predicted octanol–water partition coefficient (Wildman–Crippen LogP) is -0.0294. The lowest BCUT2D eigenvalue weighted by molar-refractivity contribution is -0.128. The van der Waals surface area contributed by atoms with E-state index in [0.29, 0.717) is 13.0 Å². The fourth-order valence-corrected chi connectivity index (χ4v) is 1.48. The minimum atomic E-state index is 0.161. The Morgan fingerprint density at radius 1 is 1.18 bits per heavy atom. The molecule has 1 fully saturated rings. The summed E-state index contributed by atoms with van der Waals surface area (Å²) in [6.45, 7) is 2.27. The smallest absolute Gasteiger partial charge is 0.223 e. The Morgan fingerprint density at radius 2 is 1.88 bits per heavy atom. The van der Waals surface area contributed by atoms with Crippen molar-refractivity contribution >= 4 is 11.8 Å². The molecule has 0 spiro atoms. The molecular formula is C12H23N3O2. The molecule has 5 heteroatoms. The molecule has 2 amide bonds. The van der Waals surface area contributed by atoms with Crippen LogP contribution in [0.3, 0.4) is 0 Å². The summed E-state index contributed by atoms with van der Waals surface area (Å²) in [4.78, 5) is 24.1. The lowest BCUT2D eigenvalue weighted by Crippen LogP contribution is -2.33. The van der Waals surface area contributed by atoms with Crippen molar-refractivity contribution in [2.45, 2.75) is 25.7 Å². The van der Waals surface area contributed by atoms with Gasteiger partial charge < -0.3 is 15.5 Å². The molecule has 0 heterocycles. The van der Waals surface area contributed by atoms with Crippen molar-refractivity contribution < 1.29 is 9.59 Å². The molecule has 5 nitrogen and oxygen atoms in total. The molecule has 98 valence electrons. The Labute approximate surface area is 103 Å². The lowest BCUT2D eigenvalue weighted by atomic mass is 10.3. The number of nitrogens with zero attached hydrogens (tertiary/aromatic N) is 1. The summed E-state index contributed by atoms with van der Waals surface area (Å²) in [5.74, 6) is 0.635. The molecule has 0 saturated heterocycles. The monoisotopic (exact) mass is 241 g/mol. The van der Waals surface area contributed by atoms with Crippen LogP contribution in [0, 0.1) is 5.92 Å². The fourth-order valence-electron chi connectivity index (χ4n) is 1.48. The second-order valence-corrected chi connectivity index (χ2v) is 4.71. The molecule has 1 rings (SSSR count). The van der Waals surface area contributed by atoms with Crippen LogP contribution in [0.5, 0.6) is 0 Å². The molecule has 0 aromatic heterocycles. The van der Waals surface area contributed by atoms with Crippen LogP contribution in [-0.4, -0.2) is 50.4 Å². The van der Waals surface area contributed by atoms with Crippen LogP contribution in [0.1, 0.15) is 25.7 Å². The van der Waals surface area contributed by atoms with Gasteiger partial charge in [0.2, 0.25) is 11.8 Å². The van der Waals surface area contributed by atoms with Gasteiger partial charge >= 0.3 is 0 Å². The molecule has 1 aliphatic rings. The van der Waals surface area contributed by atoms with Gasteiger partial charge in [0, 0.05) is 39.5 Å². The van der Waals surface area contributed by atoms with Gasteiger partial charge in [-0.2, -0.15) is 0 Å². The second kappa shape index (κ2) is 7.27. The highest BCUT2D eigenvalue weighted by molar-refractivity contribution is 5.80. The van der Waals surface area contributed by atoms with Gasteiger partial charge in [0.15, 0.2) is 0 Å². The van der Waals surface area contributed by atoms with E-state index in [-0.39, 0.29) is 17.7 Å². The molecule has 0 radical (unpaired) electrons. The number of carbonyl (C=O) groups is 2. The van der Waals surface area contributed by atoms with E-state index in [1.54, 1.807) is 19.0 Å². The van der Waals surface area contributed by atoms with Crippen LogP contribution in [0.15, 0.2) is 0 Å². The predicted molar refractivity (Wildman–Crippen MR) is 66.5 cm³/mol. The van der Waals surface area contributed by atoms with Crippen molar-refractivity contribution in [3.63, 3.8) is 0 Å². The third-order valence-electron chi connectivity index (χ3n) is 2.79. The van der Waals surface area contributed by atoms with Crippen LogP contribution in [-0.2, 0) is 9.59 Å². The molecule has 0 aromatic rings. The average Bonchev–Trinajstić information content (AvgIpc) is 3.10. The number of carbonyl (C=O) groups excluding carboxylic acids is 2. The topological polar surface area (TPSA) is 61.4 Å². The SMILES string of the molecule is CN(C)C(=O)CCCNCCNC(=O)C1CC1. The van der Waals surface area contributed by atoms with Gasteiger partial charge in [-0.15, -0.1) is 0 Å². The molecule has 0 unspecified atom stereocenters. The number of hydrogen-bond acceptors (Lipinski definition) is 3. The molecule has 0 aliphatic heterocycles.